The fraction of sp³-hybridized carbons (Fsp3) is 0.0909. The summed E-state index contributed by atoms with van der Waals surface area (Å²) in [6.07, 6.45) is 11.2. The first kappa shape index (κ1) is 30.1. The summed E-state index contributed by atoms with van der Waals surface area (Å²) in [5.41, 5.74) is 1.78. The maximum Gasteiger partial charge on any atom is 0.345 e. The molecule has 0 fully saturated rings. The van der Waals surface area contributed by atoms with Crippen molar-refractivity contribution < 1.29 is 38.1 Å². The maximum atomic E-state index is 12.4. The Balaban J connectivity index is 1.33. The number of carbonyl (C=O) groups excluding carboxylic acids is 4. The summed E-state index contributed by atoms with van der Waals surface area (Å²) < 4.78 is 21.4. The predicted molar refractivity (Wildman–Crippen MR) is 157 cm³/mol. The molecule has 4 aromatic rings. The van der Waals surface area contributed by atoms with Gasteiger partial charge in [0.1, 0.15) is 0 Å². The van der Waals surface area contributed by atoms with Crippen LogP contribution in [0.5, 0.6) is 23.0 Å². The molecule has 10 heteroatoms. The Morgan fingerprint density at radius 3 is 1.44 bits per heavy atom. The van der Waals surface area contributed by atoms with E-state index in [0.29, 0.717) is 22.6 Å². The molecule has 0 saturated heterocycles. The highest BCUT2D eigenvalue weighted by atomic mass is 16.6. The van der Waals surface area contributed by atoms with Crippen molar-refractivity contribution in [3.63, 3.8) is 0 Å². The number of allylic oxidation sites excluding steroid dienone is 2. The summed E-state index contributed by atoms with van der Waals surface area (Å²) in [5, 5.41) is 0. The molecule has 0 amide bonds. The van der Waals surface area contributed by atoms with Gasteiger partial charge in [-0.3, -0.25) is 19.6 Å². The number of aromatic nitrogens is 2. The average Bonchev–Trinajstić information content (AvgIpc) is 3.04. The number of hydrogen-bond acceptors (Lipinski definition) is 10. The molecule has 0 aliphatic carbocycles. The molecule has 0 saturated carbocycles. The van der Waals surface area contributed by atoms with E-state index in [1.54, 1.807) is 73.1 Å². The van der Waals surface area contributed by atoms with E-state index in [0.717, 1.165) is 0 Å². The molecule has 0 aliphatic rings. The fourth-order valence-electron chi connectivity index (χ4n) is 3.70. The van der Waals surface area contributed by atoms with Gasteiger partial charge in [0.2, 0.25) is 0 Å². The summed E-state index contributed by atoms with van der Waals surface area (Å²) in [7, 11) is 2.86. The summed E-state index contributed by atoms with van der Waals surface area (Å²) in [5.74, 6) is -0.997. The van der Waals surface area contributed by atoms with Crippen molar-refractivity contribution in [2.24, 2.45) is 0 Å². The lowest BCUT2D eigenvalue weighted by atomic mass is 10.1. The Morgan fingerprint density at radius 2 is 1.07 bits per heavy atom. The number of carbonyl (C=O) groups is 4. The van der Waals surface area contributed by atoms with Gasteiger partial charge in [0.05, 0.1) is 31.8 Å². The second-order valence-electron chi connectivity index (χ2n) is 8.86. The van der Waals surface area contributed by atoms with E-state index in [-0.39, 0.29) is 29.0 Å². The third kappa shape index (κ3) is 8.54. The molecule has 0 aliphatic heterocycles. The van der Waals surface area contributed by atoms with E-state index in [1.165, 1.54) is 50.9 Å². The predicted octanol–water partition coefficient (Wildman–Crippen LogP) is 5.19. The molecule has 0 atom stereocenters. The van der Waals surface area contributed by atoms with Gasteiger partial charge in [0, 0.05) is 24.8 Å². The summed E-state index contributed by atoms with van der Waals surface area (Å²) in [6, 6.07) is 16.0. The topological polar surface area (TPSA) is 131 Å². The number of hydrogen-bond donors (Lipinski definition) is 0. The Bertz CT molecular complexity index is 1560. The van der Waals surface area contributed by atoms with Gasteiger partial charge in [-0.25, -0.2) is 9.59 Å². The molecule has 10 nitrogen and oxygen atoms in total. The number of pyridine rings is 2. The third-order valence-electron chi connectivity index (χ3n) is 5.85. The molecule has 4 rings (SSSR count). The lowest BCUT2D eigenvalue weighted by Crippen LogP contribution is -2.09. The molecule has 2 heterocycles. The number of benzene rings is 2. The van der Waals surface area contributed by atoms with Gasteiger partial charge >= 0.3 is 11.9 Å². The first-order valence-electron chi connectivity index (χ1n) is 12.9. The van der Waals surface area contributed by atoms with Gasteiger partial charge in [-0.1, -0.05) is 24.3 Å². The number of rotatable bonds is 12. The van der Waals surface area contributed by atoms with Crippen molar-refractivity contribution >= 4 is 35.7 Å². The number of nitrogens with zero attached hydrogens (tertiary/aromatic N) is 2. The monoisotopic (exact) mass is 578 g/mol. The zero-order valence-electron chi connectivity index (χ0n) is 23.3. The van der Waals surface area contributed by atoms with E-state index in [2.05, 4.69) is 9.97 Å². The van der Waals surface area contributed by atoms with Crippen LogP contribution < -0.4 is 18.9 Å². The second-order valence-corrected chi connectivity index (χ2v) is 8.86. The molecule has 2 aromatic carbocycles. The quantitative estimate of drug-likeness (QED) is 0.0958. The Labute approximate surface area is 247 Å². The normalized spacial score (nSPS) is 10.8. The minimum atomic E-state index is -0.588. The number of methoxy groups -OCH3 is 2. The SMILES string of the molecule is COc1cc(/C=C/C(=O)CC(=O)/C=C/c2ccc(OC(=O)c3cccnc3)c(OC)c2)ccc1OC(=O)c1cccnc1. The van der Waals surface area contributed by atoms with Crippen molar-refractivity contribution in [2.45, 2.75) is 6.42 Å². The fourth-order valence-corrected chi connectivity index (χ4v) is 3.70. The van der Waals surface area contributed by atoms with Gasteiger partial charge in [0.25, 0.3) is 0 Å². The third-order valence-corrected chi connectivity index (χ3v) is 5.85. The van der Waals surface area contributed by atoms with Crippen LogP contribution in [0.1, 0.15) is 38.3 Å². The van der Waals surface area contributed by atoms with E-state index >= 15 is 0 Å². The zero-order chi connectivity index (χ0) is 30.6. The standard InChI is InChI=1S/C33H26N2O8/c1-40-30-17-22(9-13-28(30)42-32(38)24-5-3-15-34-20-24)7-11-26(36)19-27(37)12-8-23-10-14-29(31(18-23)41-2)43-33(39)25-6-4-16-35-21-25/h3-18,20-21H,19H2,1-2H3/b11-7+,12-8+. The molecule has 216 valence electrons. The lowest BCUT2D eigenvalue weighted by molar-refractivity contribution is -0.121. The maximum absolute atomic E-state index is 12.4. The van der Waals surface area contributed by atoms with E-state index in [4.69, 9.17) is 18.9 Å². The van der Waals surface area contributed by atoms with Crippen molar-refractivity contribution in [3.05, 3.63) is 120 Å². The smallest absolute Gasteiger partial charge is 0.345 e. The molecule has 43 heavy (non-hydrogen) atoms. The van der Waals surface area contributed by atoms with Crippen LogP contribution in [-0.4, -0.2) is 47.7 Å². The molecule has 2 aromatic heterocycles. The first-order chi connectivity index (χ1) is 20.9. The Hall–Kier alpha value is -5.90. The van der Waals surface area contributed by atoms with Crippen LogP contribution in [0.2, 0.25) is 0 Å². The highest BCUT2D eigenvalue weighted by Gasteiger charge is 2.14. The van der Waals surface area contributed by atoms with Crippen LogP contribution in [0.15, 0.2) is 97.6 Å². The van der Waals surface area contributed by atoms with Crippen LogP contribution in [0, 0.1) is 0 Å². The number of esters is 2. The van der Waals surface area contributed by atoms with Crippen molar-refractivity contribution in [2.75, 3.05) is 14.2 Å². The number of ether oxygens (including phenoxy) is 4. The van der Waals surface area contributed by atoms with Crippen LogP contribution in [0.25, 0.3) is 12.2 Å². The molecule has 0 unspecified atom stereocenters. The number of ketones is 2. The van der Waals surface area contributed by atoms with Crippen LogP contribution in [-0.2, 0) is 9.59 Å². The van der Waals surface area contributed by atoms with Gasteiger partial charge in [0.15, 0.2) is 34.6 Å². The molecule has 0 bridgehead atoms. The lowest BCUT2D eigenvalue weighted by Gasteiger charge is -2.10. The second kappa shape index (κ2) is 14.6. The van der Waals surface area contributed by atoms with Crippen molar-refractivity contribution in [1.29, 1.82) is 0 Å². The van der Waals surface area contributed by atoms with E-state index in [9.17, 15) is 19.2 Å². The molecular weight excluding hydrogens is 552 g/mol. The Kier molecular flexibility index (Phi) is 10.2. The minimum Gasteiger partial charge on any atom is -0.493 e. The molecular formula is C33H26N2O8. The van der Waals surface area contributed by atoms with Gasteiger partial charge in [-0.05, 0) is 71.8 Å². The largest absolute Gasteiger partial charge is 0.493 e. The highest BCUT2D eigenvalue weighted by Crippen LogP contribution is 2.30. The van der Waals surface area contributed by atoms with Gasteiger partial charge in [-0.2, -0.15) is 0 Å². The van der Waals surface area contributed by atoms with Gasteiger partial charge < -0.3 is 18.9 Å². The van der Waals surface area contributed by atoms with Crippen LogP contribution in [0.3, 0.4) is 0 Å². The van der Waals surface area contributed by atoms with E-state index < -0.39 is 23.5 Å². The van der Waals surface area contributed by atoms with Crippen LogP contribution in [0.4, 0.5) is 0 Å². The van der Waals surface area contributed by atoms with E-state index in [1.807, 2.05) is 0 Å². The Morgan fingerprint density at radius 1 is 0.628 bits per heavy atom. The molecule has 0 spiro atoms. The highest BCUT2D eigenvalue weighted by molar-refractivity contribution is 6.11. The summed E-state index contributed by atoms with van der Waals surface area (Å²) >= 11 is 0. The minimum absolute atomic E-state index is 0.205. The van der Waals surface area contributed by atoms with Crippen molar-refractivity contribution in [3.8, 4) is 23.0 Å². The molecule has 0 N–H and O–H groups in total. The van der Waals surface area contributed by atoms with Crippen LogP contribution >= 0.6 is 0 Å². The molecule has 0 radical (unpaired) electrons. The first-order valence-corrected chi connectivity index (χ1v) is 12.9. The summed E-state index contributed by atoms with van der Waals surface area (Å²) in [4.78, 5) is 57.3. The zero-order valence-corrected chi connectivity index (χ0v) is 23.3. The van der Waals surface area contributed by atoms with Crippen molar-refractivity contribution in [1.82, 2.24) is 9.97 Å². The van der Waals surface area contributed by atoms with Gasteiger partial charge in [-0.15, -0.1) is 0 Å². The summed E-state index contributed by atoms with van der Waals surface area (Å²) in [6.45, 7) is 0. The average molecular weight is 579 g/mol.